The van der Waals surface area contributed by atoms with Crippen LogP contribution in [0.2, 0.25) is 0 Å². The normalized spacial score (nSPS) is 24.8. The van der Waals surface area contributed by atoms with E-state index in [0.29, 0.717) is 6.04 Å². The highest BCUT2D eigenvalue weighted by atomic mass is 16.5. The van der Waals surface area contributed by atoms with E-state index in [4.69, 9.17) is 0 Å². The molecule has 0 aromatic carbocycles. The fraction of sp³-hybridized carbons (Fsp3) is 0.875. The molecule has 0 spiro atoms. The quantitative estimate of drug-likeness (QED) is 0.576. The summed E-state index contributed by atoms with van der Waals surface area (Å²) in [6.07, 6.45) is 0.778. The van der Waals surface area contributed by atoms with Gasteiger partial charge in [0.1, 0.15) is 0 Å². The molecule has 1 saturated heterocycles. The third-order valence-corrected chi connectivity index (χ3v) is 2.14. The summed E-state index contributed by atoms with van der Waals surface area (Å²) in [6.45, 7) is 4.52. The molecule has 0 radical (unpaired) electrons. The Hall–Kier alpha value is -0.770. The van der Waals surface area contributed by atoms with Crippen molar-refractivity contribution in [2.24, 2.45) is 0 Å². The second-order valence-electron chi connectivity index (χ2n) is 3.10. The Bertz CT molecular complexity index is 161. The van der Waals surface area contributed by atoms with Gasteiger partial charge in [-0.15, -0.1) is 0 Å². The maximum absolute atomic E-state index is 11.1. The van der Waals surface area contributed by atoms with Gasteiger partial charge in [0.15, 0.2) is 0 Å². The number of carbonyl (C=O) groups excluding carboxylic acids is 1. The van der Waals surface area contributed by atoms with E-state index in [-0.39, 0.29) is 6.09 Å². The van der Waals surface area contributed by atoms with Gasteiger partial charge in [0.2, 0.25) is 0 Å². The van der Waals surface area contributed by atoms with Crippen molar-refractivity contribution in [3.63, 3.8) is 0 Å². The smallest absolute Gasteiger partial charge is 0.409 e. The fourth-order valence-corrected chi connectivity index (χ4v) is 1.32. The average molecular weight is 172 g/mol. The van der Waals surface area contributed by atoms with Gasteiger partial charge < -0.3 is 15.0 Å². The second kappa shape index (κ2) is 4.30. The highest BCUT2D eigenvalue weighted by Gasteiger charge is 2.17. The summed E-state index contributed by atoms with van der Waals surface area (Å²) in [5, 5.41) is 3.30. The first kappa shape index (κ1) is 9.32. The number of amides is 1. The Morgan fingerprint density at radius 2 is 2.33 bits per heavy atom. The molecule has 0 bridgehead atoms. The number of hydrogen-bond acceptors (Lipinski definition) is 3. The van der Waals surface area contributed by atoms with E-state index in [1.165, 1.54) is 7.11 Å². The minimum absolute atomic E-state index is 0.217. The Morgan fingerprint density at radius 1 is 1.58 bits per heavy atom. The number of ether oxygens (including phenoxy) is 1. The van der Waals surface area contributed by atoms with E-state index in [1.54, 1.807) is 4.90 Å². The van der Waals surface area contributed by atoms with E-state index in [2.05, 4.69) is 17.0 Å². The van der Waals surface area contributed by atoms with E-state index in [0.717, 1.165) is 26.1 Å². The molecule has 1 heterocycles. The lowest BCUT2D eigenvalue weighted by Gasteiger charge is -2.17. The molecule has 70 valence electrons. The summed E-state index contributed by atoms with van der Waals surface area (Å²) in [5.74, 6) is 0. The van der Waals surface area contributed by atoms with Gasteiger partial charge >= 0.3 is 6.09 Å². The van der Waals surface area contributed by atoms with Crippen LogP contribution in [0.5, 0.6) is 0 Å². The van der Waals surface area contributed by atoms with Crippen LogP contribution in [0.3, 0.4) is 0 Å². The molecule has 4 nitrogen and oxygen atoms in total. The van der Waals surface area contributed by atoms with Gasteiger partial charge in [-0.1, -0.05) is 0 Å². The predicted molar refractivity (Wildman–Crippen MR) is 46.1 cm³/mol. The van der Waals surface area contributed by atoms with Crippen LogP contribution in [0.25, 0.3) is 0 Å². The van der Waals surface area contributed by atoms with Gasteiger partial charge in [-0.3, -0.25) is 0 Å². The Labute approximate surface area is 72.9 Å². The zero-order valence-corrected chi connectivity index (χ0v) is 7.67. The highest BCUT2D eigenvalue weighted by molar-refractivity contribution is 5.67. The number of hydrogen-bond donors (Lipinski definition) is 1. The highest BCUT2D eigenvalue weighted by Crippen LogP contribution is 2.02. The van der Waals surface area contributed by atoms with Crippen LogP contribution in [-0.4, -0.2) is 43.8 Å². The molecule has 1 N–H and O–H groups in total. The van der Waals surface area contributed by atoms with Gasteiger partial charge in [0, 0.05) is 25.7 Å². The van der Waals surface area contributed by atoms with Gasteiger partial charge in [-0.25, -0.2) is 4.79 Å². The van der Waals surface area contributed by atoms with Crippen LogP contribution < -0.4 is 5.32 Å². The van der Waals surface area contributed by atoms with Crippen molar-refractivity contribution in [3.05, 3.63) is 0 Å². The molecule has 12 heavy (non-hydrogen) atoms. The zero-order valence-electron chi connectivity index (χ0n) is 7.67. The summed E-state index contributed by atoms with van der Waals surface area (Å²) < 4.78 is 4.64. The van der Waals surface area contributed by atoms with Crippen molar-refractivity contribution in [1.82, 2.24) is 10.2 Å². The average Bonchev–Trinajstić information content (AvgIpc) is 2.29. The Kier molecular flexibility index (Phi) is 3.34. The van der Waals surface area contributed by atoms with Crippen molar-refractivity contribution in [3.8, 4) is 0 Å². The van der Waals surface area contributed by atoms with E-state index >= 15 is 0 Å². The van der Waals surface area contributed by atoms with E-state index in [1.807, 2.05) is 0 Å². The lowest BCUT2D eigenvalue weighted by atomic mass is 10.2. The van der Waals surface area contributed by atoms with Crippen LogP contribution in [0.4, 0.5) is 4.79 Å². The molecule has 0 aromatic rings. The van der Waals surface area contributed by atoms with E-state index in [9.17, 15) is 4.79 Å². The number of methoxy groups -OCH3 is 1. The SMILES string of the molecule is COC(=O)N1CCNC(C)CC1. The van der Waals surface area contributed by atoms with Crippen molar-refractivity contribution in [2.45, 2.75) is 19.4 Å². The zero-order chi connectivity index (χ0) is 8.97. The van der Waals surface area contributed by atoms with Gasteiger partial charge in [-0.05, 0) is 13.3 Å². The predicted octanol–water partition coefficient (Wildman–Crippen LogP) is 0.437. The van der Waals surface area contributed by atoms with Gasteiger partial charge in [-0.2, -0.15) is 0 Å². The molecule has 1 aliphatic heterocycles. The molecule has 0 saturated carbocycles. The van der Waals surface area contributed by atoms with Crippen LogP contribution in [-0.2, 0) is 4.74 Å². The first-order chi connectivity index (χ1) is 5.74. The first-order valence-electron chi connectivity index (χ1n) is 4.30. The number of nitrogens with zero attached hydrogens (tertiary/aromatic N) is 1. The monoisotopic (exact) mass is 172 g/mol. The third-order valence-electron chi connectivity index (χ3n) is 2.14. The lowest BCUT2D eigenvalue weighted by molar-refractivity contribution is 0.126. The lowest BCUT2D eigenvalue weighted by Crippen LogP contribution is -2.34. The Morgan fingerprint density at radius 3 is 3.00 bits per heavy atom. The van der Waals surface area contributed by atoms with Crippen molar-refractivity contribution >= 4 is 6.09 Å². The standard InChI is InChI=1S/C8H16N2O2/c1-7-3-5-10(6-4-9-7)8(11)12-2/h7,9H,3-6H2,1-2H3. The molecule has 4 heteroatoms. The molecule has 0 aliphatic carbocycles. The summed E-state index contributed by atoms with van der Waals surface area (Å²) in [7, 11) is 1.42. The molecule has 1 unspecified atom stereocenters. The van der Waals surface area contributed by atoms with Crippen LogP contribution in [0.15, 0.2) is 0 Å². The molecule has 1 aliphatic rings. The van der Waals surface area contributed by atoms with Crippen molar-refractivity contribution < 1.29 is 9.53 Å². The number of rotatable bonds is 0. The second-order valence-corrected chi connectivity index (χ2v) is 3.10. The molecular formula is C8H16N2O2. The minimum atomic E-state index is -0.217. The Balaban J connectivity index is 2.40. The third kappa shape index (κ3) is 2.37. The largest absolute Gasteiger partial charge is 0.453 e. The molecule has 0 aromatic heterocycles. The maximum Gasteiger partial charge on any atom is 0.409 e. The maximum atomic E-state index is 11.1. The fourth-order valence-electron chi connectivity index (χ4n) is 1.32. The topological polar surface area (TPSA) is 41.6 Å². The molecular weight excluding hydrogens is 156 g/mol. The molecule has 1 fully saturated rings. The van der Waals surface area contributed by atoms with Crippen molar-refractivity contribution in [1.29, 1.82) is 0 Å². The first-order valence-corrected chi connectivity index (χ1v) is 4.30. The summed E-state index contributed by atoms with van der Waals surface area (Å²) >= 11 is 0. The van der Waals surface area contributed by atoms with Crippen LogP contribution >= 0.6 is 0 Å². The molecule has 1 atom stereocenters. The summed E-state index contributed by atoms with van der Waals surface area (Å²) in [6, 6.07) is 0.500. The van der Waals surface area contributed by atoms with E-state index < -0.39 is 0 Å². The van der Waals surface area contributed by atoms with Crippen LogP contribution in [0, 0.1) is 0 Å². The number of carbonyl (C=O) groups is 1. The van der Waals surface area contributed by atoms with Crippen LogP contribution in [0.1, 0.15) is 13.3 Å². The van der Waals surface area contributed by atoms with Gasteiger partial charge in [0.05, 0.1) is 7.11 Å². The summed E-state index contributed by atoms with van der Waals surface area (Å²) in [4.78, 5) is 12.8. The molecule has 1 rings (SSSR count). The minimum Gasteiger partial charge on any atom is -0.453 e. The summed E-state index contributed by atoms with van der Waals surface area (Å²) in [5.41, 5.74) is 0. The number of nitrogens with one attached hydrogen (secondary N) is 1. The van der Waals surface area contributed by atoms with Gasteiger partial charge in [0.25, 0.3) is 0 Å². The van der Waals surface area contributed by atoms with Crippen molar-refractivity contribution in [2.75, 3.05) is 26.7 Å². The molecule has 1 amide bonds.